The fraction of sp³-hybridized carbons (Fsp3) is 0.500. The number of aryl methyl sites for hydroxylation is 1. The summed E-state index contributed by atoms with van der Waals surface area (Å²) in [7, 11) is 1.98. The number of hydrogen-bond donors (Lipinski definition) is 2. The quantitative estimate of drug-likeness (QED) is 0.700. The first-order chi connectivity index (χ1) is 6.75. The molecule has 78 valence electrons. The van der Waals surface area contributed by atoms with Crippen LogP contribution in [0.15, 0.2) is 18.2 Å². The van der Waals surface area contributed by atoms with E-state index in [1.54, 1.807) is 0 Å². The number of rotatable bonds is 5. The summed E-state index contributed by atoms with van der Waals surface area (Å²) in [5.41, 5.74) is 3.97. The third-order valence-corrected chi connectivity index (χ3v) is 2.52. The SMILES string of the molecule is CNCCCNc1cccc(C)c1C. The second kappa shape index (κ2) is 5.66. The molecule has 14 heavy (non-hydrogen) atoms. The van der Waals surface area contributed by atoms with Crippen molar-refractivity contribution in [3.63, 3.8) is 0 Å². The molecule has 0 heterocycles. The van der Waals surface area contributed by atoms with Crippen molar-refractivity contribution in [2.24, 2.45) is 0 Å². The van der Waals surface area contributed by atoms with Crippen molar-refractivity contribution >= 4 is 5.69 Å². The molecule has 0 amide bonds. The average molecular weight is 192 g/mol. The summed E-state index contributed by atoms with van der Waals surface area (Å²) in [5.74, 6) is 0. The van der Waals surface area contributed by atoms with E-state index >= 15 is 0 Å². The number of hydrogen-bond acceptors (Lipinski definition) is 2. The smallest absolute Gasteiger partial charge is 0.0372 e. The van der Waals surface area contributed by atoms with Crippen molar-refractivity contribution in [1.82, 2.24) is 5.32 Å². The average Bonchev–Trinajstić information content (AvgIpc) is 2.19. The highest BCUT2D eigenvalue weighted by Crippen LogP contribution is 2.17. The van der Waals surface area contributed by atoms with Crippen molar-refractivity contribution in [2.75, 3.05) is 25.5 Å². The van der Waals surface area contributed by atoms with Crippen LogP contribution in [0.25, 0.3) is 0 Å². The van der Waals surface area contributed by atoms with E-state index in [2.05, 4.69) is 42.7 Å². The highest BCUT2D eigenvalue weighted by molar-refractivity contribution is 5.53. The molecule has 0 fully saturated rings. The van der Waals surface area contributed by atoms with Crippen molar-refractivity contribution in [1.29, 1.82) is 0 Å². The van der Waals surface area contributed by atoms with E-state index in [-0.39, 0.29) is 0 Å². The van der Waals surface area contributed by atoms with Crippen LogP contribution in [0.4, 0.5) is 5.69 Å². The van der Waals surface area contributed by atoms with E-state index in [4.69, 9.17) is 0 Å². The Hall–Kier alpha value is -1.02. The maximum absolute atomic E-state index is 3.45. The van der Waals surface area contributed by atoms with E-state index in [1.807, 2.05) is 7.05 Å². The Kier molecular flexibility index (Phi) is 4.47. The topological polar surface area (TPSA) is 24.1 Å². The molecule has 2 nitrogen and oxygen atoms in total. The van der Waals surface area contributed by atoms with E-state index in [9.17, 15) is 0 Å². The third kappa shape index (κ3) is 3.04. The maximum Gasteiger partial charge on any atom is 0.0372 e. The van der Waals surface area contributed by atoms with Gasteiger partial charge in [-0.1, -0.05) is 12.1 Å². The molecule has 0 aliphatic carbocycles. The first-order valence-electron chi connectivity index (χ1n) is 5.20. The van der Waals surface area contributed by atoms with Crippen molar-refractivity contribution in [2.45, 2.75) is 20.3 Å². The van der Waals surface area contributed by atoms with Crippen LogP contribution in [0.3, 0.4) is 0 Å². The summed E-state index contributed by atoms with van der Waals surface area (Å²) in [5, 5.41) is 6.59. The Morgan fingerprint density at radius 1 is 1.14 bits per heavy atom. The first-order valence-corrected chi connectivity index (χ1v) is 5.20. The molecular weight excluding hydrogens is 172 g/mol. The molecule has 1 rings (SSSR count). The zero-order valence-electron chi connectivity index (χ0n) is 9.35. The van der Waals surface area contributed by atoms with Crippen LogP contribution in [0.1, 0.15) is 17.5 Å². The van der Waals surface area contributed by atoms with Gasteiger partial charge in [-0.15, -0.1) is 0 Å². The van der Waals surface area contributed by atoms with E-state index in [0.29, 0.717) is 0 Å². The molecule has 0 aromatic heterocycles. The van der Waals surface area contributed by atoms with E-state index in [1.165, 1.54) is 16.8 Å². The molecule has 0 unspecified atom stereocenters. The summed E-state index contributed by atoms with van der Waals surface area (Å²) in [4.78, 5) is 0. The first kappa shape index (κ1) is 11.1. The molecule has 0 aliphatic heterocycles. The molecule has 2 N–H and O–H groups in total. The fourth-order valence-electron chi connectivity index (χ4n) is 1.43. The van der Waals surface area contributed by atoms with Crippen LogP contribution in [0.5, 0.6) is 0 Å². The predicted octanol–water partition coefficient (Wildman–Crippen LogP) is 2.32. The minimum Gasteiger partial charge on any atom is -0.385 e. The zero-order valence-corrected chi connectivity index (χ0v) is 9.35. The Balaban J connectivity index is 2.46. The molecule has 0 spiro atoms. The highest BCUT2D eigenvalue weighted by Gasteiger charge is 1.98. The van der Waals surface area contributed by atoms with Crippen LogP contribution in [-0.4, -0.2) is 20.1 Å². The molecule has 1 aromatic rings. The Bertz CT molecular complexity index is 282. The molecule has 1 aromatic carbocycles. The summed E-state index contributed by atoms with van der Waals surface area (Å²) < 4.78 is 0. The second-order valence-corrected chi connectivity index (χ2v) is 3.63. The summed E-state index contributed by atoms with van der Waals surface area (Å²) in [6.07, 6.45) is 1.16. The molecule has 0 saturated carbocycles. The Morgan fingerprint density at radius 3 is 2.64 bits per heavy atom. The second-order valence-electron chi connectivity index (χ2n) is 3.63. The van der Waals surface area contributed by atoms with E-state index < -0.39 is 0 Å². The number of nitrogens with one attached hydrogen (secondary N) is 2. The number of anilines is 1. The highest BCUT2D eigenvalue weighted by atomic mass is 14.9. The van der Waals surface area contributed by atoms with Gasteiger partial charge in [0.2, 0.25) is 0 Å². The van der Waals surface area contributed by atoms with Gasteiger partial charge < -0.3 is 10.6 Å². The molecule has 0 radical (unpaired) electrons. The van der Waals surface area contributed by atoms with Crippen LogP contribution in [0, 0.1) is 13.8 Å². The van der Waals surface area contributed by atoms with Gasteiger partial charge in [0.25, 0.3) is 0 Å². The van der Waals surface area contributed by atoms with Gasteiger partial charge in [0.05, 0.1) is 0 Å². The van der Waals surface area contributed by atoms with Gasteiger partial charge in [0, 0.05) is 12.2 Å². The van der Waals surface area contributed by atoms with Gasteiger partial charge in [0.15, 0.2) is 0 Å². The fourth-order valence-corrected chi connectivity index (χ4v) is 1.43. The lowest BCUT2D eigenvalue weighted by Crippen LogP contribution is -2.13. The van der Waals surface area contributed by atoms with Crippen LogP contribution in [-0.2, 0) is 0 Å². The minimum atomic E-state index is 1.03. The maximum atomic E-state index is 3.45. The van der Waals surface area contributed by atoms with Crippen LogP contribution in [0.2, 0.25) is 0 Å². The van der Waals surface area contributed by atoms with Crippen LogP contribution < -0.4 is 10.6 Å². The molecule has 2 heteroatoms. The summed E-state index contributed by atoms with van der Waals surface area (Å²) in [6, 6.07) is 6.39. The van der Waals surface area contributed by atoms with Gasteiger partial charge in [-0.2, -0.15) is 0 Å². The van der Waals surface area contributed by atoms with Gasteiger partial charge >= 0.3 is 0 Å². The number of benzene rings is 1. The van der Waals surface area contributed by atoms with Crippen molar-refractivity contribution in [3.05, 3.63) is 29.3 Å². The molecular formula is C12H20N2. The molecule has 0 saturated heterocycles. The van der Waals surface area contributed by atoms with Crippen LogP contribution >= 0.6 is 0 Å². The summed E-state index contributed by atoms with van der Waals surface area (Å²) >= 11 is 0. The third-order valence-electron chi connectivity index (χ3n) is 2.52. The monoisotopic (exact) mass is 192 g/mol. The summed E-state index contributed by atoms with van der Waals surface area (Å²) in [6.45, 7) is 6.41. The van der Waals surface area contributed by atoms with Crippen molar-refractivity contribution in [3.8, 4) is 0 Å². The largest absolute Gasteiger partial charge is 0.385 e. The van der Waals surface area contributed by atoms with Gasteiger partial charge in [-0.05, 0) is 51.1 Å². The van der Waals surface area contributed by atoms with Gasteiger partial charge in [-0.25, -0.2) is 0 Å². The Labute approximate surface area is 86.7 Å². The lowest BCUT2D eigenvalue weighted by molar-refractivity contribution is 0.748. The van der Waals surface area contributed by atoms with Gasteiger partial charge in [-0.3, -0.25) is 0 Å². The minimum absolute atomic E-state index is 1.03. The van der Waals surface area contributed by atoms with Gasteiger partial charge in [0.1, 0.15) is 0 Å². The Morgan fingerprint density at radius 2 is 1.93 bits per heavy atom. The normalized spacial score (nSPS) is 10.2. The standard InChI is InChI=1S/C12H20N2/c1-10-6-4-7-12(11(10)2)14-9-5-8-13-3/h4,6-7,13-14H,5,8-9H2,1-3H3. The predicted molar refractivity (Wildman–Crippen MR) is 62.9 cm³/mol. The van der Waals surface area contributed by atoms with E-state index in [0.717, 1.165) is 19.5 Å². The lowest BCUT2D eigenvalue weighted by atomic mass is 10.1. The lowest BCUT2D eigenvalue weighted by Gasteiger charge is -2.10. The molecule has 0 aliphatic rings. The molecule has 0 bridgehead atoms. The van der Waals surface area contributed by atoms with Crippen molar-refractivity contribution < 1.29 is 0 Å². The zero-order chi connectivity index (χ0) is 10.4. The molecule has 0 atom stereocenters.